The van der Waals surface area contributed by atoms with Crippen LogP contribution in [0.1, 0.15) is 4.88 Å². The van der Waals surface area contributed by atoms with Gasteiger partial charge in [0.2, 0.25) is 5.95 Å². The predicted molar refractivity (Wildman–Crippen MR) is 71.7 cm³/mol. The molecule has 92 valence electrons. The Morgan fingerprint density at radius 3 is 2.94 bits per heavy atom. The second-order valence-electron chi connectivity index (χ2n) is 3.73. The van der Waals surface area contributed by atoms with Gasteiger partial charge in [0.1, 0.15) is 16.2 Å². The smallest absolute Gasteiger partial charge is 0.222 e. The van der Waals surface area contributed by atoms with E-state index < -0.39 is 0 Å². The Kier molecular flexibility index (Phi) is 2.67. The Morgan fingerprint density at radius 1 is 1.39 bits per heavy atom. The molecule has 18 heavy (non-hydrogen) atoms. The standard InChI is InChI=1S/C10H10N6S2/c1-5-3-6-7(17-5)14-9(11)15-8(6)18-10-12-4-13-16(10)2/h3-4H,1-2H3,(H2,11,14,15). The predicted octanol–water partition coefficient (Wildman–Crippen LogP) is 1.86. The molecule has 6 nitrogen and oxygen atoms in total. The van der Waals surface area contributed by atoms with Crippen LogP contribution in [0.5, 0.6) is 0 Å². The fourth-order valence-electron chi connectivity index (χ4n) is 1.57. The summed E-state index contributed by atoms with van der Waals surface area (Å²) < 4.78 is 1.70. The minimum absolute atomic E-state index is 0.286. The van der Waals surface area contributed by atoms with Gasteiger partial charge < -0.3 is 5.73 Å². The summed E-state index contributed by atoms with van der Waals surface area (Å²) in [5.74, 6) is 0.286. The Hall–Kier alpha value is -1.67. The minimum Gasteiger partial charge on any atom is -0.368 e. The van der Waals surface area contributed by atoms with Crippen molar-refractivity contribution in [1.29, 1.82) is 0 Å². The first-order chi connectivity index (χ1) is 8.63. The van der Waals surface area contributed by atoms with Crippen LogP contribution >= 0.6 is 23.1 Å². The first-order valence-corrected chi connectivity index (χ1v) is 6.82. The molecule has 0 aliphatic heterocycles. The van der Waals surface area contributed by atoms with Crippen LogP contribution < -0.4 is 5.73 Å². The molecule has 0 amide bonds. The van der Waals surface area contributed by atoms with E-state index in [9.17, 15) is 0 Å². The van der Waals surface area contributed by atoms with Gasteiger partial charge in [0, 0.05) is 17.3 Å². The average Bonchev–Trinajstić information content (AvgIpc) is 2.85. The van der Waals surface area contributed by atoms with Crippen LogP contribution in [0.15, 0.2) is 22.6 Å². The number of aromatic nitrogens is 5. The average molecular weight is 278 g/mol. The molecule has 3 heterocycles. The van der Waals surface area contributed by atoms with Gasteiger partial charge in [0.15, 0.2) is 5.16 Å². The highest BCUT2D eigenvalue weighted by atomic mass is 32.2. The van der Waals surface area contributed by atoms with E-state index >= 15 is 0 Å². The zero-order valence-corrected chi connectivity index (χ0v) is 11.4. The van der Waals surface area contributed by atoms with Crippen molar-refractivity contribution in [2.75, 3.05) is 5.73 Å². The van der Waals surface area contributed by atoms with Crippen molar-refractivity contribution in [2.45, 2.75) is 17.1 Å². The van der Waals surface area contributed by atoms with Crippen LogP contribution in [0.4, 0.5) is 5.95 Å². The highest BCUT2D eigenvalue weighted by molar-refractivity contribution is 7.99. The number of nitrogen functional groups attached to an aromatic ring is 1. The number of anilines is 1. The van der Waals surface area contributed by atoms with E-state index in [1.807, 2.05) is 14.0 Å². The van der Waals surface area contributed by atoms with Crippen LogP contribution in [0.25, 0.3) is 10.2 Å². The van der Waals surface area contributed by atoms with Gasteiger partial charge in [-0.15, -0.1) is 11.3 Å². The summed E-state index contributed by atoms with van der Waals surface area (Å²) in [5.41, 5.74) is 5.73. The molecule has 3 aromatic heterocycles. The summed E-state index contributed by atoms with van der Waals surface area (Å²) in [4.78, 5) is 14.8. The SMILES string of the molecule is Cc1cc2c(Sc3ncnn3C)nc(N)nc2s1. The molecule has 8 heteroatoms. The molecule has 0 saturated heterocycles. The van der Waals surface area contributed by atoms with Gasteiger partial charge in [-0.2, -0.15) is 5.10 Å². The molecule has 0 aliphatic rings. The summed E-state index contributed by atoms with van der Waals surface area (Å²) in [7, 11) is 1.84. The number of hydrogen-bond acceptors (Lipinski definition) is 7. The van der Waals surface area contributed by atoms with Gasteiger partial charge in [0.25, 0.3) is 0 Å². The molecule has 0 atom stereocenters. The Morgan fingerprint density at radius 2 is 2.22 bits per heavy atom. The van der Waals surface area contributed by atoms with Crippen LogP contribution in [0, 0.1) is 6.92 Å². The number of fused-ring (bicyclic) bond motifs is 1. The van der Waals surface area contributed by atoms with Crippen molar-refractivity contribution < 1.29 is 0 Å². The van der Waals surface area contributed by atoms with Gasteiger partial charge in [-0.3, -0.25) is 0 Å². The maximum Gasteiger partial charge on any atom is 0.222 e. The van der Waals surface area contributed by atoms with Crippen molar-refractivity contribution in [2.24, 2.45) is 7.05 Å². The highest BCUT2D eigenvalue weighted by Crippen LogP contribution is 2.34. The van der Waals surface area contributed by atoms with E-state index in [1.54, 1.807) is 16.0 Å². The summed E-state index contributed by atoms with van der Waals surface area (Å²) in [6.07, 6.45) is 1.52. The highest BCUT2D eigenvalue weighted by Gasteiger charge is 2.13. The number of aryl methyl sites for hydroxylation is 2. The van der Waals surface area contributed by atoms with Crippen molar-refractivity contribution in [3.8, 4) is 0 Å². The van der Waals surface area contributed by atoms with E-state index in [2.05, 4.69) is 26.1 Å². The van der Waals surface area contributed by atoms with E-state index in [0.29, 0.717) is 0 Å². The van der Waals surface area contributed by atoms with Gasteiger partial charge in [-0.25, -0.2) is 19.6 Å². The van der Waals surface area contributed by atoms with Crippen LogP contribution in [-0.4, -0.2) is 24.7 Å². The normalized spacial score (nSPS) is 11.2. The number of nitrogens with two attached hydrogens (primary N) is 1. The van der Waals surface area contributed by atoms with Crippen LogP contribution in [-0.2, 0) is 7.05 Å². The number of nitrogens with zero attached hydrogens (tertiary/aromatic N) is 5. The van der Waals surface area contributed by atoms with Crippen molar-refractivity contribution in [3.63, 3.8) is 0 Å². The van der Waals surface area contributed by atoms with Crippen molar-refractivity contribution in [1.82, 2.24) is 24.7 Å². The van der Waals surface area contributed by atoms with Crippen molar-refractivity contribution >= 4 is 39.3 Å². The summed E-state index contributed by atoms with van der Waals surface area (Å²) in [6.45, 7) is 2.04. The third-order valence-corrected chi connectivity index (χ3v) is 4.36. The maximum absolute atomic E-state index is 5.73. The molecule has 0 spiro atoms. The molecular formula is C10H10N6S2. The third-order valence-electron chi connectivity index (χ3n) is 2.36. The lowest BCUT2D eigenvalue weighted by molar-refractivity contribution is 0.685. The molecule has 0 radical (unpaired) electrons. The summed E-state index contributed by atoms with van der Waals surface area (Å²) in [6, 6.07) is 2.07. The van der Waals surface area contributed by atoms with E-state index in [4.69, 9.17) is 5.73 Å². The van der Waals surface area contributed by atoms with Crippen molar-refractivity contribution in [3.05, 3.63) is 17.3 Å². The Labute approximate surface area is 111 Å². The second kappa shape index (κ2) is 4.21. The minimum atomic E-state index is 0.286. The fourth-order valence-corrected chi connectivity index (χ4v) is 3.38. The van der Waals surface area contributed by atoms with E-state index in [1.165, 1.54) is 23.0 Å². The molecular weight excluding hydrogens is 268 g/mol. The summed E-state index contributed by atoms with van der Waals surface area (Å²) >= 11 is 3.05. The number of rotatable bonds is 2. The number of hydrogen-bond donors (Lipinski definition) is 1. The second-order valence-corrected chi connectivity index (χ2v) is 5.92. The molecule has 3 aromatic rings. The number of thiophene rings is 1. The van der Waals surface area contributed by atoms with Gasteiger partial charge >= 0.3 is 0 Å². The van der Waals surface area contributed by atoms with E-state index in [0.717, 1.165) is 20.4 Å². The van der Waals surface area contributed by atoms with Gasteiger partial charge in [0.05, 0.1) is 0 Å². The topological polar surface area (TPSA) is 82.5 Å². The molecule has 3 rings (SSSR count). The molecule has 0 fully saturated rings. The van der Waals surface area contributed by atoms with Crippen LogP contribution in [0.2, 0.25) is 0 Å². The first kappa shape index (κ1) is 11.4. The maximum atomic E-state index is 5.73. The summed E-state index contributed by atoms with van der Waals surface area (Å²) in [5, 5.41) is 6.64. The third kappa shape index (κ3) is 1.93. The molecule has 0 bridgehead atoms. The lowest BCUT2D eigenvalue weighted by Gasteiger charge is -2.02. The quantitative estimate of drug-likeness (QED) is 0.720. The molecule has 0 saturated carbocycles. The first-order valence-electron chi connectivity index (χ1n) is 5.19. The fraction of sp³-hybridized carbons (Fsp3) is 0.200. The Balaban J connectivity index is 2.13. The lowest BCUT2D eigenvalue weighted by atomic mass is 10.4. The Bertz CT molecular complexity index is 716. The zero-order valence-electron chi connectivity index (χ0n) is 9.78. The molecule has 0 unspecified atom stereocenters. The largest absolute Gasteiger partial charge is 0.368 e. The zero-order chi connectivity index (χ0) is 12.7. The van der Waals surface area contributed by atoms with Gasteiger partial charge in [-0.05, 0) is 24.8 Å². The molecule has 2 N–H and O–H groups in total. The van der Waals surface area contributed by atoms with Crippen LogP contribution in [0.3, 0.4) is 0 Å². The van der Waals surface area contributed by atoms with E-state index in [-0.39, 0.29) is 5.95 Å². The van der Waals surface area contributed by atoms with Gasteiger partial charge in [-0.1, -0.05) is 0 Å². The molecule has 0 aliphatic carbocycles. The monoisotopic (exact) mass is 278 g/mol. The molecule has 0 aromatic carbocycles. The lowest BCUT2D eigenvalue weighted by Crippen LogP contribution is -1.97.